The molecule has 12 heteroatoms. The van der Waals surface area contributed by atoms with Crippen LogP contribution in [0.5, 0.6) is 0 Å². The molecule has 4 aromatic carbocycles. The van der Waals surface area contributed by atoms with E-state index in [0.717, 1.165) is 45.0 Å². The van der Waals surface area contributed by atoms with Gasteiger partial charge in [-0.3, -0.25) is 9.97 Å². The maximum atomic E-state index is 12.0. The Morgan fingerprint density at radius 3 is 1.62 bits per heavy atom. The van der Waals surface area contributed by atoms with Gasteiger partial charge in [-0.05, 0) is 43.3 Å². The molecular formula is C46H40N8O4. The quantitative estimate of drug-likeness (QED) is 0.103. The highest BCUT2D eigenvalue weighted by atomic mass is 16.5. The first-order chi connectivity index (χ1) is 28.4. The smallest absolute Gasteiger partial charge is 0.340 e. The highest BCUT2D eigenvalue weighted by Crippen LogP contribution is 2.27. The number of methoxy groups -OCH3 is 1. The molecule has 0 saturated carbocycles. The average Bonchev–Trinajstić information content (AvgIpc) is 3.92. The van der Waals surface area contributed by atoms with Gasteiger partial charge in [-0.25, -0.2) is 19.0 Å². The summed E-state index contributed by atoms with van der Waals surface area (Å²) < 4.78 is 8.57. The zero-order valence-corrected chi connectivity index (χ0v) is 31.9. The number of aryl methyl sites for hydroxylation is 1. The van der Waals surface area contributed by atoms with E-state index >= 15 is 0 Å². The first kappa shape index (κ1) is 38.4. The molecule has 8 rings (SSSR count). The predicted octanol–water partition coefficient (Wildman–Crippen LogP) is 8.89. The molecule has 0 saturated heterocycles. The standard InChI is InChI=1S/2C23H20N4O2/c1-29-23(28)20-12-13-24-15-21(20)25-14-18-16-27(19-10-6-3-7-11-19)26-22(18)17-8-4-2-5-9-17;1-16-21(20(23(28)29)12-13-24-16)25-14-18-15-27(19-10-6-3-7-11-19)26-22(18)17-8-4-2-5-9-17/h2-13,15-16,25H,14H2,1H3;2-13,15,25H,14H2,1H3,(H,28,29). The van der Waals surface area contributed by atoms with Crippen molar-refractivity contribution in [2.75, 3.05) is 17.7 Å². The summed E-state index contributed by atoms with van der Waals surface area (Å²) in [6.07, 6.45) is 8.67. The highest BCUT2D eigenvalue weighted by molar-refractivity contribution is 5.95. The molecule has 58 heavy (non-hydrogen) atoms. The lowest BCUT2D eigenvalue weighted by molar-refractivity contribution is 0.0600. The number of rotatable bonds is 12. The van der Waals surface area contributed by atoms with Crippen molar-refractivity contribution in [3.05, 3.63) is 192 Å². The molecule has 0 fully saturated rings. The van der Waals surface area contributed by atoms with E-state index in [0.29, 0.717) is 35.7 Å². The van der Waals surface area contributed by atoms with Crippen LogP contribution in [0, 0.1) is 6.92 Å². The number of carbonyl (C=O) groups is 2. The van der Waals surface area contributed by atoms with E-state index in [1.165, 1.54) is 19.4 Å². The van der Waals surface area contributed by atoms with Gasteiger partial charge in [-0.1, -0.05) is 97.1 Å². The number of hydrogen-bond donors (Lipinski definition) is 3. The van der Waals surface area contributed by atoms with Crippen LogP contribution in [0.25, 0.3) is 33.9 Å². The van der Waals surface area contributed by atoms with Gasteiger partial charge in [-0.2, -0.15) is 10.2 Å². The molecule has 4 heterocycles. The van der Waals surface area contributed by atoms with E-state index in [1.54, 1.807) is 25.4 Å². The summed E-state index contributed by atoms with van der Waals surface area (Å²) in [6, 6.07) is 43.0. The number of carboxylic acids is 1. The third-order valence-corrected chi connectivity index (χ3v) is 9.24. The van der Waals surface area contributed by atoms with Crippen molar-refractivity contribution in [2.24, 2.45) is 0 Å². The number of nitrogens with one attached hydrogen (secondary N) is 2. The van der Waals surface area contributed by atoms with Gasteiger partial charge >= 0.3 is 11.9 Å². The first-order valence-corrected chi connectivity index (χ1v) is 18.5. The fraction of sp³-hybridized carbons (Fsp3) is 0.0870. The number of carbonyl (C=O) groups excluding carboxylic acids is 1. The zero-order chi connectivity index (χ0) is 40.3. The van der Waals surface area contributed by atoms with Crippen LogP contribution in [0.15, 0.2) is 164 Å². The number of benzene rings is 4. The summed E-state index contributed by atoms with van der Waals surface area (Å²) in [4.78, 5) is 31.9. The van der Waals surface area contributed by atoms with Crippen molar-refractivity contribution >= 4 is 23.3 Å². The SMILES string of the molecule is COC(=O)c1ccncc1NCc1cn(-c2ccccc2)nc1-c1ccccc1.Cc1nccc(C(=O)O)c1NCc1cn(-c2ccccc2)nc1-c1ccccc1. The molecule has 0 aliphatic carbocycles. The molecule has 4 aromatic heterocycles. The number of nitrogens with zero attached hydrogens (tertiary/aromatic N) is 6. The lowest BCUT2D eigenvalue weighted by Gasteiger charge is -2.11. The van der Waals surface area contributed by atoms with Gasteiger partial charge in [0, 0.05) is 60.1 Å². The van der Waals surface area contributed by atoms with Crippen molar-refractivity contribution in [3.8, 4) is 33.9 Å². The minimum atomic E-state index is -0.985. The van der Waals surface area contributed by atoms with Crippen LogP contribution in [-0.2, 0) is 17.8 Å². The fourth-order valence-corrected chi connectivity index (χ4v) is 6.35. The normalized spacial score (nSPS) is 10.6. The number of anilines is 2. The van der Waals surface area contributed by atoms with E-state index in [2.05, 4.69) is 20.6 Å². The summed E-state index contributed by atoms with van der Waals surface area (Å²) in [6.45, 7) is 2.69. The van der Waals surface area contributed by atoms with Crippen molar-refractivity contribution in [3.63, 3.8) is 0 Å². The Kier molecular flexibility index (Phi) is 12.0. The van der Waals surface area contributed by atoms with E-state index in [9.17, 15) is 14.7 Å². The maximum absolute atomic E-state index is 12.0. The molecule has 0 aliphatic heterocycles. The third-order valence-electron chi connectivity index (χ3n) is 9.24. The van der Waals surface area contributed by atoms with Gasteiger partial charge in [0.1, 0.15) is 0 Å². The Morgan fingerprint density at radius 2 is 1.12 bits per heavy atom. The second-order valence-corrected chi connectivity index (χ2v) is 13.0. The Labute approximate surface area is 335 Å². The molecule has 0 radical (unpaired) electrons. The summed E-state index contributed by atoms with van der Waals surface area (Å²) >= 11 is 0. The Hall–Kier alpha value is -7.86. The van der Waals surface area contributed by atoms with Crippen LogP contribution in [-0.4, -0.2) is 53.7 Å². The van der Waals surface area contributed by atoms with Crippen LogP contribution in [0.2, 0.25) is 0 Å². The Morgan fingerprint density at radius 1 is 0.638 bits per heavy atom. The van der Waals surface area contributed by atoms with Crippen LogP contribution in [0.3, 0.4) is 0 Å². The number of pyridine rings is 2. The van der Waals surface area contributed by atoms with E-state index < -0.39 is 11.9 Å². The third kappa shape index (κ3) is 8.98. The second-order valence-electron chi connectivity index (χ2n) is 13.0. The Bertz CT molecular complexity index is 2610. The van der Waals surface area contributed by atoms with Crippen LogP contribution in [0.1, 0.15) is 37.5 Å². The molecular weight excluding hydrogens is 729 g/mol. The van der Waals surface area contributed by atoms with Gasteiger partial charge in [0.2, 0.25) is 0 Å². The highest BCUT2D eigenvalue weighted by Gasteiger charge is 2.17. The number of aromatic nitrogens is 6. The predicted molar refractivity (Wildman–Crippen MR) is 224 cm³/mol. The molecule has 0 aliphatic rings. The molecule has 3 N–H and O–H groups in total. The molecule has 0 bridgehead atoms. The fourth-order valence-electron chi connectivity index (χ4n) is 6.35. The second kappa shape index (κ2) is 18.2. The molecule has 288 valence electrons. The molecule has 0 amide bonds. The topological polar surface area (TPSA) is 149 Å². The molecule has 0 spiro atoms. The Balaban J connectivity index is 0.000000177. The summed E-state index contributed by atoms with van der Waals surface area (Å²) in [5, 5.41) is 25.6. The number of carboxylic acid groups (broad SMARTS) is 1. The van der Waals surface area contributed by atoms with Crippen molar-refractivity contribution in [2.45, 2.75) is 20.0 Å². The number of esters is 1. The van der Waals surface area contributed by atoms with Crippen molar-refractivity contribution < 1.29 is 19.4 Å². The monoisotopic (exact) mass is 768 g/mol. The molecule has 0 unspecified atom stereocenters. The van der Waals surface area contributed by atoms with Gasteiger partial charge < -0.3 is 20.5 Å². The van der Waals surface area contributed by atoms with Crippen molar-refractivity contribution in [1.29, 1.82) is 0 Å². The largest absolute Gasteiger partial charge is 0.478 e. The molecule has 8 aromatic rings. The van der Waals surface area contributed by atoms with Gasteiger partial charge in [0.15, 0.2) is 0 Å². The number of aromatic carboxylic acids is 1. The summed E-state index contributed by atoms with van der Waals surface area (Å²) in [5.41, 5.74) is 10.1. The number of ether oxygens (including phenoxy) is 1. The number of hydrogen-bond acceptors (Lipinski definition) is 9. The average molecular weight is 769 g/mol. The lowest BCUT2D eigenvalue weighted by Crippen LogP contribution is -2.09. The molecule has 0 atom stereocenters. The number of para-hydroxylation sites is 2. The van der Waals surface area contributed by atoms with Crippen LogP contribution in [0.4, 0.5) is 11.4 Å². The van der Waals surface area contributed by atoms with E-state index in [-0.39, 0.29) is 5.56 Å². The van der Waals surface area contributed by atoms with E-state index in [1.807, 2.05) is 143 Å². The maximum Gasteiger partial charge on any atom is 0.340 e. The first-order valence-electron chi connectivity index (χ1n) is 18.5. The minimum absolute atomic E-state index is 0.203. The lowest BCUT2D eigenvalue weighted by atomic mass is 10.1. The van der Waals surface area contributed by atoms with Crippen molar-refractivity contribution in [1.82, 2.24) is 29.5 Å². The van der Waals surface area contributed by atoms with Gasteiger partial charge in [0.05, 0.1) is 64.3 Å². The zero-order valence-electron chi connectivity index (χ0n) is 31.9. The summed E-state index contributed by atoms with van der Waals surface area (Å²) in [5.74, 6) is -1.39. The van der Waals surface area contributed by atoms with Gasteiger partial charge in [0.25, 0.3) is 0 Å². The summed E-state index contributed by atoms with van der Waals surface area (Å²) in [7, 11) is 1.37. The van der Waals surface area contributed by atoms with Crippen LogP contribution < -0.4 is 10.6 Å². The minimum Gasteiger partial charge on any atom is -0.478 e. The van der Waals surface area contributed by atoms with Gasteiger partial charge in [-0.15, -0.1) is 0 Å². The van der Waals surface area contributed by atoms with E-state index in [4.69, 9.17) is 14.9 Å². The van der Waals surface area contributed by atoms with Crippen LogP contribution >= 0.6 is 0 Å². The molecule has 12 nitrogen and oxygen atoms in total.